The van der Waals surface area contributed by atoms with E-state index in [1.807, 2.05) is 55.6 Å². The van der Waals surface area contributed by atoms with Crippen molar-refractivity contribution in [1.29, 1.82) is 0 Å². The normalized spacial score (nSPS) is 18.4. The Hall–Kier alpha value is -2.87. The smallest absolute Gasteiger partial charge is 0.271 e. The molecule has 7 nitrogen and oxygen atoms in total. The van der Waals surface area contributed by atoms with Gasteiger partial charge in [0.05, 0.1) is 18.8 Å². The minimum Gasteiger partial charge on any atom is -0.497 e. The standard InChI is InChI=1S/C22H24ClN5O2/c1-28-20(14-3-7-17(23)8-4-14)11-19(27-28)22(29)24-12-16-13-25-26-21(16)15-5-9-18(30-2)10-6-15/h3-11,16,21,25-26H,12-13H2,1-2H3,(H,24,29). The molecule has 3 aromatic rings. The van der Waals surface area contributed by atoms with Gasteiger partial charge in [0.1, 0.15) is 5.75 Å². The molecule has 30 heavy (non-hydrogen) atoms. The number of carbonyl (C=O) groups excluding carboxylic acids is 1. The highest BCUT2D eigenvalue weighted by Crippen LogP contribution is 2.26. The van der Waals surface area contributed by atoms with Crippen LogP contribution in [0, 0.1) is 5.92 Å². The van der Waals surface area contributed by atoms with Gasteiger partial charge in [0, 0.05) is 31.1 Å². The number of carbonyl (C=O) groups is 1. The average molecular weight is 426 g/mol. The SMILES string of the molecule is COc1ccc(C2NNCC2CNC(=O)c2cc(-c3ccc(Cl)cc3)n(C)n2)cc1. The molecule has 0 radical (unpaired) electrons. The van der Waals surface area contributed by atoms with Crippen molar-refractivity contribution in [3.8, 4) is 17.0 Å². The Morgan fingerprint density at radius 2 is 1.97 bits per heavy atom. The summed E-state index contributed by atoms with van der Waals surface area (Å²) in [6.45, 7) is 1.29. The van der Waals surface area contributed by atoms with Gasteiger partial charge in [-0.2, -0.15) is 5.10 Å². The Kier molecular flexibility index (Phi) is 6.03. The number of nitrogens with one attached hydrogen (secondary N) is 3. The maximum absolute atomic E-state index is 12.7. The van der Waals surface area contributed by atoms with Gasteiger partial charge in [-0.05, 0) is 41.5 Å². The summed E-state index contributed by atoms with van der Waals surface area (Å²) in [7, 11) is 3.48. The lowest BCUT2D eigenvalue weighted by atomic mass is 9.95. The van der Waals surface area contributed by atoms with Crippen molar-refractivity contribution in [2.75, 3.05) is 20.2 Å². The monoisotopic (exact) mass is 425 g/mol. The van der Waals surface area contributed by atoms with Crippen molar-refractivity contribution in [2.45, 2.75) is 6.04 Å². The summed E-state index contributed by atoms with van der Waals surface area (Å²) >= 11 is 5.97. The van der Waals surface area contributed by atoms with E-state index in [4.69, 9.17) is 16.3 Å². The number of halogens is 1. The van der Waals surface area contributed by atoms with Gasteiger partial charge in [-0.25, -0.2) is 5.43 Å². The van der Waals surface area contributed by atoms with Crippen LogP contribution in [0.4, 0.5) is 0 Å². The number of hydrogen-bond donors (Lipinski definition) is 3. The fourth-order valence-corrected chi connectivity index (χ4v) is 3.80. The fraction of sp³-hybridized carbons (Fsp3) is 0.273. The topological polar surface area (TPSA) is 80.2 Å². The van der Waals surface area contributed by atoms with Crippen molar-refractivity contribution in [3.63, 3.8) is 0 Å². The van der Waals surface area contributed by atoms with Crippen LogP contribution in [0.1, 0.15) is 22.1 Å². The average Bonchev–Trinajstić information content (AvgIpc) is 3.39. The van der Waals surface area contributed by atoms with Crippen molar-refractivity contribution in [1.82, 2.24) is 25.9 Å². The van der Waals surface area contributed by atoms with Crippen LogP contribution >= 0.6 is 11.6 Å². The van der Waals surface area contributed by atoms with E-state index in [-0.39, 0.29) is 17.9 Å². The van der Waals surface area contributed by atoms with Crippen LogP contribution < -0.4 is 20.9 Å². The Balaban J connectivity index is 1.41. The number of rotatable bonds is 6. The lowest BCUT2D eigenvalue weighted by Gasteiger charge is -2.19. The van der Waals surface area contributed by atoms with Crippen LogP contribution in [0.2, 0.25) is 5.02 Å². The zero-order valence-corrected chi connectivity index (χ0v) is 17.6. The Morgan fingerprint density at radius 3 is 2.67 bits per heavy atom. The number of benzene rings is 2. The van der Waals surface area contributed by atoms with Gasteiger partial charge in [0.15, 0.2) is 5.69 Å². The maximum atomic E-state index is 12.7. The van der Waals surface area contributed by atoms with Crippen LogP contribution in [0.5, 0.6) is 5.75 Å². The molecule has 156 valence electrons. The van der Waals surface area contributed by atoms with Crippen LogP contribution in [0.25, 0.3) is 11.3 Å². The highest BCUT2D eigenvalue weighted by atomic mass is 35.5. The molecule has 1 aliphatic rings. The van der Waals surface area contributed by atoms with E-state index in [0.717, 1.165) is 29.1 Å². The third-order valence-electron chi connectivity index (χ3n) is 5.35. The van der Waals surface area contributed by atoms with Crippen molar-refractivity contribution < 1.29 is 9.53 Å². The predicted octanol–water partition coefficient (Wildman–Crippen LogP) is 2.94. The molecule has 0 spiro atoms. The number of methoxy groups -OCH3 is 1. The second-order valence-corrected chi connectivity index (χ2v) is 7.73. The highest BCUT2D eigenvalue weighted by molar-refractivity contribution is 6.30. The summed E-state index contributed by atoms with van der Waals surface area (Å²) < 4.78 is 6.93. The maximum Gasteiger partial charge on any atom is 0.271 e. The van der Waals surface area contributed by atoms with Gasteiger partial charge in [-0.15, -0.1) is 0 Å². The first-order valence-corrected chi connectivity index (χ1v) is 10.1. The molecular formula is C22H24ClN5O2. The molecule has 2 unspecified atom stereocenters. The molecular weight excluding hydrogens is 402 g/mol. The molecule has 1 amide bonds. The van der Waals surface area contributed by atoms with E-state index in [1.54, 1.807) is 17.9 Å². The predicted molar refractivity (Wildman–Crippen MR) is 116 cm³/mol. The van der Waals surface area contributed by atoms with Gasteiger partial charge >= 0.3 is 0 Å². The first-order valence-electron chi connectivity index (χ1n) is 9.75. The lowest BCUT2D eigenvalue weighted by Crippen LogP contribution is -2.33. The van der Waals surface area contributed by atoms with Gasteiger partial charge in [0.2, 0.25) is 0 Å². The second-order valence-electron chi connectivity index (χ2n) is 7.29. The van der Waals surface area contributed by atoms with Crippen molar-refractivity contribution >= 4 is 17.5 Å². The van der Waals surface area contributed by atoms with E-state index in [9.17, 15) is 4.79 Å². The molecule has 0 saturated carbocycles. The number of nitrogens with zero attached hydrogens (tertiary/aromatic N) is 2. The van der Waals surface area contributed by atoms with Crippen LogP contribution in [0.3, 0.4) is 0 Å². The molecule has 3 N–H and O–H groups in total. The number of aryl methyl sites for hydroxylation is 1. The van der Waals surface area contributed by atoms with Gasteiger partial charge in [-0.1, -0.05) is 35.9 Å². The summed E-state index contributed by atoms with van der Waals surface area (Å²) in [6.07, 6.45) is 0. The van der Waals surface area contributed by atoms with Gasteiger partial charge in [-0.3, -0.25) is 14.9 Å². The van der Waals surface area contributed by atoms with E-state index in [1.165, 1.54) is 0 Å². The quantitative estimate of drug-likeness (QED) is 0.565. The number of amides is 1. The Morgan fingerprint density at radius 1 is 1.23 bits per heavy atom. The molecule has 0 bridgehead atoms. The zero-order chi connectivity index (χ0) is 21.1. The van der Waals surface area contributed by atoms with Crippen molar-refractivity contribution in [2.24, 2.45) is 13.0 Å². The minimum atomic E-state index is -0.189. The number of aromatic nitrogens is 2. The molecule has 1 fully saturated rings. The number of hydrazine groups is 1. The number of ether oxygens (including phenoxy) is 1. The third-order valence-corrected chi connectivity index (χ3v) is 5.60. The summed E-state index contributed by atoms with van der Waals surface area (Å²) in [5.74, 6) is 0.842. The highest BCUT2D eigenvalue weighted by Gasteiger charge is 2.29. The molecule has 4 rings (SSSR count). The minimum absolute atomic E-state index is 0.101. The fourth-order valence-electron chi connectivity index (χ4n) is 3.68. The van der Waals surface area contributed by atoms with E-state index in [0.29, 0.717) is 17.3 Å². The molecule has 1 saturated heterocycles. The summed E-state index contributed by atoms with van der Waals surface area (Å²) in [4.78, 5) is 12.7. The largest absolute Gasteiger partial charge is 0.497 e. The zero-order valence-electron chi connectivity index (χ0n) is 16.9. The summed E-state index contributed by atoms with van der Waals surface area (Å²) in [5.41, 5.74) is 9.83. The molecule has 0 aliphatic carbocycles. The summed E-state index contributed by atoms with van der Waals surface area (Å²) in [5, 5.41) is 8.07. The second kappa shape index (κ2) is 8.87. The molecule has 8 heteroatoms. The number of hydrogen-bond acceptors (Lipinski definition) is 5. The van der Waals surface area contributed by atoms with E-state index >= 15 is 0 Å². The van der Waals surface area contributed by atoms with Crippen LogP contribution in [0.15, 0.2) is 54.6 Å². The van der Waals surface area contributed by atoms with Gasteiger partial charge < -0.3 is 10.1 Å². The lowest BCUT2D eigenvalue weighted by molar-refractivity contribution is 0.0941. The van der Waals surface area contributed by atoms with Crippen LogP contribution in [-0.4, -0.2) is 35.9 Å². The first-order chi connectivity index (χ1) is 14.5. The third kappa shape index (κ3) is 4.33. The van der Waals surface area contributed by atoms with Gasteiger partial charge in [0.25, 0.3) is 5.91 Å². The molecule has 2 atom stereocenters. The van der Waals surface area contributed by atoms with Crippen LogP contribution in [-0.2, 0) is 7.05 Å². The molecule has 2 heterocycles. The Labute approximate surface area is 180 Å². The molecule has 2 aromatic carbocycles. The summed E-state index contributed by atoms with van der Waals surface area (Å²) in [6, 6.07) is 17.3. The van der Waals surface area contributed by atoms with E-state index in [2.05, 4.69) is 21.3 Å². The Bertz CT molecular complexity index is 1020. The van der Waals surface area contributed by atoms with E-state index < -0.39 is 0 Å². The first kappa shape index (κ1) is 20.4. The van der Waals surface area contributed by atoms with Crippen molar-refractivity contribution in [3.05, 3.63) is 70.9 Å². The molecule has 1 aliphatic heterocycles. The molecule has 1 aromatic heterocycles.